The van der Waals surface area contributed by atoms with E-state index in [1.165, 1.54) is 0 Å². The molecule has 0 aliphatic carbocycles. The third-order valence-electron chi connectivity index (χ3n) is 5.43. The van der Waals surface area contributed by atoms with Crippen LogP contribution < -0.4 is 24.4 Å². The molecule has 0 saturated carbocycles. The lowest BCUT2D eigenvalue weighted by Gasteiger charge is -2.29. The molecule has 1 aromatic heterocycles. The third kappa shape index (κ3) is 4.04. The minimum atomic E-state index is -0.241. The summed E-state index contributed by atoms with van der Waals surface area (Å²) in [6.07, 6.45) is 0. The third-order valence-corrected chi connectivity index (χ3v) is 5.43. The number of carbonyl (C=O) groups excluding carboxylic acids is 1. The van der Waals surface area contributed by atoms with Crippen molar-refractivity contribution in [3.8, 4) is 28.5 Å². The zero-order chi connectivity index (χ0) is 21.9. The number of hydrogen-bond donors (Lipinski definition) is 1. The molecule has 3 heterocycles. The second-order valence-electron chi connectivity index (χ2n) is 7.42. The molecule has 0 radical (unpaired) electrons. The number of morpholine rings is 1. The highest BCUT2D eigenvalue weighted by Gasteiger charge is 2.22. The van der Waals surface area contributed by atoms with E-state index in [0.29, 0.717) is 54.9 Å². The average molecular weight is 433 g/mol. The summed E-state index contributed by atoms with van der Waals surface area (Å²) in [5.74, 6) is 2.42. The first-order chi connectivity index (χ1) is 15.7. The summed E-state index contributed by atoms with van der Waals surface area (Å²) in [6.45, 7) is 2.70. The van der Waals surface area contributed by atoms with Crippen molar-refractivity contribution in [2.45, 2.75) is 0 Å². The van der Waals surface area contributed by atoms with Crippen molar-refractivity contribution >= 4 is 17.4 Å². The van der Waals surface area contributed by atoms with Crippen molar-refractivity contribution in [2.75, 3.05) is 50.4 Å². The molecule has 2 aromatic carbocycles. The lowest BCUT2D eigenvalue weighted by atomic mass is 10.1. The van der Waals surface area contributed by atoms with Crippen molar-refractivity contribution in [1.29, 1.82) is 0 Å². The van der Waals surface area contributed by atoms with Crippen LogP contribution in [0.5, 0.6) is 17.2 Å². The lowest BCUT2D eigenvalue weighted by Crippen LogP contribution is -2.38. The molecule has 2 aliphatic rings. The molecule has 5 rings (SSSR count). The molecule has 2 aliphatic heterocycles. The molecule has 8 nitrogen and oxygen atoms in total. The Morgan fingerprint density at radius 1 is 1.03 bits per heavy atom. The van der Waals surface area contributed by atoms with E-state index < -0.39 is 0 Å². The van der Waals surface area contributed by atoms with Crippen LogP contribution in [0.15, 0.2) is 54.6 Å². The van der Waals surface area contributed by atoms with Gasteiger partial charge >= 0.3 is 0 Å². The van der Waals surface area contributed by atoms with Crippen LogP contribution in [0.1, 0.15) is 10.4 Å². The number of anilines is 2. The predicted molar refractivity (Wildman–Crippen MR) is 120 cm³/mol. The molecule has 8 heteroatoms. The Bertz CT molecular complexity index is 1140. The number of aromatic nitrogens is 1. The van der Waals surface area contributed by atoms with Crippen LogP contribution in [0.4, 0.5) is 11.5 Å². The number of fused-ring (bicyclic) bond motifs is 1. The number of benzene rings is 2. The van der Waals surface area contributed by atoms with Crippen molar-refractivity contribution in [3.63, 3.8) is 0 Å². The molecule has 164 valence electrons. The second-order valence-corrected chi connectivity index (χ2v) is 7.42. The fourth-order valence-electron chi connectivity index (χ4n) is 3.76. The highest BCUT2D eigenvalue weighted by atomic mass is 16.7. The Morgan fingerprint density at radius 3 is 2.72 bits per heavy atom. The van der Waals surface area contributed by atoms with Crippen LogP contribution in [0, 0.1) is 0 Å². The van der Waals surface area contributed by atoms with E-state index in [-0.39, 0.29) is 12.7 Å². The maximum atomic E-state index is 13.2. The van der Waals surface area contributed by atoms with Gasteiger partial charge in [-0.15, -0.1) is 0 Å². The predicted octanol–water partition coefficient (Wildman–Crippen LogP) is 3.57. The van der Waals surface area contributed by atoms with Crippen molar-refractivity contribution in [3.05, 3.63) is 60.2 Å². The molecule has 0 bridgehead atoms. The molecular weight excluding hydrogens is 410 g/mol. The van der Waals surface area contributed by atoms with Crippen LogP contribution in [0.2, 0.25) is 0 Å². The van der Waals surface area contributed by atoms with Crippen molar-refractivity contribution in [1.82, 2.24) is 4.98 Å². The van der Waals surface area contributed by atoms with Crippen molar-refractivity contribution < 1.29 is 23.7 Å². The summed E-state index contributed by atoms with van der Waals surface area (Å²) in [6, 6.07) is 16.7. The number of pyridine rings is 1. The SMILES string of the molecule is COc1cccc(-c2ccc(C(=O)Nc3ccc4c(c3)OCO4)c(N3CCOCC3)n2)c1. The Balaban J connectivity index is 1.48. The Labute approximate surface area is 185 Å². The quantitative estimate of drug-likeness (QED) is 0.659. The van der Waals surface area contributed by atoms with Crippen LogP contribution in [0.25, 0.3) is 11.3 Å². The zero-order valence-electron chi connectivity index (χ0n) is 17.7. The molecular formula is C24H23N3O5. The molecule has 1 saturated heterocycles. The van der Waals surface area contributed by atoms with E-state index >= 15 is 0 Å². The van der Waals surface area contributed by atoms with E-state index in [9.17, 15) is 4.79 Å². The van der Waals surface area contributed by atoms with E-state index in [2.05, 4.69) is 10.2 Å². The van der Waals surface area contributed by atoms with Crippen LogP contribution >= 0.6 is 0 Å². The van der Waals surface area contributed by atoms with Gasteiger partial charge in [0.2, 0.25) is 6.79 Å². The normalized spacial score (nSPS) is 14.8. The second kappa shape index (κ2) is 8.76. The smallest absolute Gasteiger partial charge is 0.259 e. The summed E-state index contributed by atoms with van der Waals surface area (Å²) in [4.78, 5) is 20.2. The highest BCUT2D eigenvalue weighted by molar-refractivity contribution is 6.08. The molecule has 1 fully saturated rings. The van der Waals surface area contributed by atoms with E-state index in [1.54, 1.807) is 25.3 Å². The van der Waals surface area contributed by atoms with Gasteiger partial charge in [0.25, 0.3) is 5.91 Å². The molecule has 1 amide bonds. The van der Waals surface area contributed by atoms with E-state index in [1.807, 2.05) is 36.4 Å². The number of carbonyl (C=O) groups is 1. The van der Waals surface area contributed by atoms with Gasteiger partial charge in [0.15, 0.2) is 11.5 Å². The van der Waals surface area contributed by atoms with Gasteiger partial charge in [-0.05, 0) is 36.4 Å². The van der Waals surface area contributed by atoms with E-state index in [4.69, 9.17) is 23.9 Å². The fraction of sp³-hybridized carbons (Fsp3) is 0.250. The largest absolute Gasteiger partial charge is 0.497 e. The molecule has 3 aromatic rings. The average Bonchev–Trinajstić information content (AvgIpc) is 3.32. The summed E-state index contributed by atoms with van der Waals surface area (Å²) >= 11 is 0. The number of ether oxygens (including phenoxy) is 4. The number of nitrogens with zero attached hydrogens (tertiary/aromatic N) is 2. The minimum Gasteiger partial charge on any atom is -0.497 e. The Hall–Kier alpha value is -3.78. The van der Waals surface area contributed by atoms with Gasteiger partial charge in [-0.3, -0.25) is 4.79 Å². The Kier molecular flexibility index (Phi) is 5.51. The molecule has 0 atom stereocenters. The minimum absolute atomic E-state index is 0.184. The van der Waals surface area contributed by atoms with Gasteiger partial charge in [-0.25, -0.2) is 4.98 Å². The number of hydrogen-bond acceptors (Lipinski definition) is 7. The number of nitrogens with one attached hydrogen (secondary N) is 1. The molecule has 0 unspecified atom stereocenters. The van der Waals surface area contributed by atoms with Gasteiger partial charge in [0, 0.05) is 30.4 Å². The Morgan fingerprint density at radius 2 is 1.88 bits per heavy atom. The standard InChI is InChI=1S/C24H23N3O5/c1-29-18-4-2-3-16(13-18)20-7-6-19(23(26-20)27-9-11-30-12-10-27)24(28)25-17-5-8-21-22(14-17)32-15-31-21/h2-8,13-14H,9-12,15H2,1H3,(H,25,28). The first kappa shape index (κ1) is 20.1. The number of rotatable bonds is 5. The van der Waals surface area contributed by atoms with E-state index in [0.717, 1.165) is 17.0 Å². The first-order valence-corrected chi connectivity index (χ1v) is 10.4. The van der Waals surface area contributed by atoms with Gasteiger partial charge in [0.05, 0.1) is 31.6 Å². The highest BCUT2D eigenvalue weighted by Crippen LogP contribution is 2.35. The lowest BCUT2D eigenvalue weighted by molar-refractivity contribution is 0.102. The zero-order valence-corrected chi connectivity index (χ0v) is 17.7. The first-order valence-electron chi connectivity index (χ1n) is 10.4. The molecule has 0 spiro atoms. The summed E-state index contributed by atoms with van der Waals surface area (Å²) in [5.41, 5.74) is 2.81. The van der Waals surface area contributed by atoms with Crippen LogP contribution in [0.3, 0.4) is 0 Å². The molecule has 1 N–H and O–H groups in total. The van der Waals surface area contributed by atoms with Gasteiger partial charge in [-0.1, -0.05) is 12.1 Å². The van der Waals surface area contributed by atoms with Crippen LogP contribution in [-0.4, -0.2) is 51.1 Å². The monoisotopic (exact) mass is 433 g/mol. The summed E-state index contributed by atoms with van der Waals surface area (Å²) in [7, 11) is 1.63. The number of amides is 1. The van der Waals surface area contributed by atoms with Gasteiger partial charge in [0.1, 0.15) is 11.6 Å². The number of methoxy groups -OCH3 is 1. The fourth-order valence-corrected chi connectivity index (χ4v) is 3.76. The maximum Gasteiger partial charge on any atom is 0.259 e. The summed E-state index contributed by atoms with van der Waals surface area (Å²) in [5, 5.41) is 2.95. The maximum absolute atomic E-state index is 13.2. The van der Waals surface area contributed by atoms with Crippen molar-refractivity contribution in [2.24, 2.45) is 0 Å². The molecule has 32 heavy (non-hydrogen) atoms. The van der Waals surface area contributed by atoms with Crippen LogP contribution in [-0.2, 0) is 4.74 Å². The topological polar surface area (TPSA) is 82.2 Å². The summed E-state index contributed by atoms with van der Waals surface area (Å²) < 4.78 is 21.6. The van der Waals surface area contributed by atoms with Gasteiger partial charge in [-0.2, -0.15) is 0 Å². The van der Waals surface area contributed by atoms with Gasteiger partial charge < -0.3 is 29.2 Å².